The van der Waals surface area contributed by atoms with E-state index in [0.29, 0.717) is 0 Å². The van der Waals surface area contributed by atoms with Crippen LogP contribution in [-0.2, 0) is 0 Å². The van der Waals surface area contributed by atoms with Gasteiger partial charge in [-0.15, -0.1) is 0 Å². The van der Waals surface area contributed by atoms with E-state index in [1.807, 2.05) is 0 Å². The van der Waals surface area contributed by atoms with Crippen molar-refractivity contribution < 1.29 is 0 Å². The lowest BCUT2D eigenvalue weighted by Gasteiger charge is -2.12. The van der Waals surface area contributed by atoms with E-state index in [9.17, 15) is 0 Å². The van der Waals surface area contributed by atoms with E-state index in [2.05, 4.69) is 138 Å². The third-order valence-corrected chi connectivity index (χ3v) is 7.94. The van der Waals surface area contributed by atoms with Crippen molar-refractivity contribution in [2.45, 2.75) is 0 Å². The zero-order valence-corrected chi connectivity index (χ0v) is 21.8. The van der Waals surface area contributed by atoms with Gasteiger partial charge in [0.25, 0.3) is 0 Å². The van der Waals surface area contributed by atoms with Crippen LogP contribution in [0, 0.1) is 0 Å². The van der Waals surface area contributed by atoms with Gasteiger partial charge in [0.1, 0.15) is 0 Å². The second-order valence-electron chi connectivity index (χ2n) is 10.2. The summed E-state index contributed by atoms with van der Waals surface area (Å²) in [6.07, 6.45) is 3.55. The summed E-state index contributed by atoms with van der Waals surface area (Å²) < 4.78 is 0. The summed E-state index contributed by atoms with van der Waals surface area (Å²) in [6, 6.07) is 48.0. The van der Waals surface area contributed by atoms with Gasteiger partial charge in [0.15, 0.2) is 0 Å². The molecule has 7 aromatic carbocycles. The van der Waals surface area contributed by atoms with Gasteiger partial charge in [0.2, 0.25) is 0 Å². The van der Waals surface area contributed by atoms with Crippen molar-refractivity contribution in [1.82, 2.24) is 9.97 Å². The van der Waals surface area contributed by atoms with Crippen molar-refractivity contribution in [1.29, 1.82) is 0 Å². The second kappa shape index (κ2) is 9.14. The van der Waals surface area contributed by atoms with Gasteiger partial charge in [-0.25, -0.2) is 0 Å². The summed E-state index contributed by atoms with van der Waals surface area (Å²) in [5, 5.41) is 7.20. The monoisotopic (exact) mass is 508 g/mol. The Morgan fingerprint density at radius 1 is 0.325 bits per heavy atom. The van der Waals surface area contributed by atoms with Crippen LogP contribution < -0.4 is 0 Å². The topological polar surface area (TPSA) is 25.8 Å². The van der Waals surface area contributed by atoms with Crippen LogP contribution in [0.25, 0.3) is 76.7 Å². The first-order valence-corrected chi connectivity index (χ1v) is 13.6. The maximum absolute atomic E-state index is 4.71. The highest BCUT2D eigenvalue weighted by atomic mass is 14.8. The van der Waals surface area contributed by atoms with Crippen LogP contribution in [0.4, 0.5) is 0 Å². The minimum absolute atomic E-state index is 0.946. The Bertz CT molecular complexity index is 2190. The zero-order valence-electron chi connectivity index (χ0n) is 21.8. The third kappa shape index (κ3) is 3.65. The Morgan fingerprint density at radius 2 is 0.850 bits per heavy atom. The van der Waals surface area contributed by atoms with Gasteiger partial charge in [-0.3, -0.25) is 9.97 Å². The lowest BCUT2D eigenvalue weighted by Crippen LogP contribution is -1.89. The van der Waals surface area contributed by atoms with Crippen molar-refractivity contribution in [3.8, 4) is 33.4 Å². The van der Waals surface area contributed by atoms with Crippen LogP contribution in [0.1, 0.15) is 0 Å². The van der Waals surface area contributed by atoms with Crippen LogP contribution in [-0.4, -0.2) is 9.97 Å². The number of fused-ring (bicyclic) bond motifs is 7. The number of hydrogen-bond acceptors (Lipinski definition) is 2. The van der Waals surface area contributed by atoms with Crippen molar-refractivity contribution in [3.05, 3.63) is 146 Å². The van der Waals surface area contributed by atoms with Crippen molar-refractivity contribution >= 4 is 43.4 Å². The van der Waals surface area contributed by atoms with Gasteiger partial charge >= 0.3 is 0 Å². The van der Waals surface area contributed by atoms with E-state index in [1.54, 1.807) is 12.4 Å². The van der Waals surface area contributed by atoms with Crippen LogP contribution in [0.15, 0.2) is 146 Å². The Kier molecular flexibility index (Phi) is 5.17. The number of hydrogen-bond donors (Lipinski definition) is 0. The van der Waals surface area contributed by atoms with E-state index in [-0.39, 0.29) is 0 Å². The van der Waals surface area contributed by atoms with E-state index < -0.39 is 0 Å². The summed E-state index contributed by atoms with van der Waals surface area (Å²) in [5.41, 5.74) is 9.17. The molecule has 186 valence electrons. The maximum atomic E-state index is 4.71. The van der Waals surface area contributed by atoms with Crippen LogP contribution in [0.5, 0.6) is 0 Å². The van der Waals surface area contributed by atoms with Crippen LogP contribution in [0.2, 0.25) is 0 Å². The minimum atomic E-state index is 0.946. The van der Waals surface area contributed by atoms with Gasteiger partial charge in [-0.2, -0.15) is 0 Å². The maximum Gasteiger partial charge on any atom is 0.0971 e. The number of nitrogens with zero attached hydrogens (tertiary/aromatic N) is 2. The van der Waals surface area contributed by atoms with E-state index in [0.717, 1.165) is 21.8 Å². The van der Waals surface area contributed by atoms with Crippen LogP contribution >= 0.6 is 0 Å². The quantitative estimate of drug-likeness (QED) is 0.222. The molecule has 0 aliphatic carbocycles. The molecule has 0 fully saturated rings. The molecule has 0 unspecified atom stereocenters. The number of aromatic nitrogens is 2. The molecule has 8 aromatic rings. The summed E-state index contributed by atoms with van der Waals surface area (Å²) >= 11 is 0. The summed E-state index contributed by atoms with van der Waals surface area (Å²) in [4.78, 5) is 9.37. The predicted octanol–water partition coefficient (Wildman–Crippen LogP) is 10.1. The van der Waals surface area contributed by atoms with Gasteiger partial charge < -0.3 is 0 Å². The fourth-order valence-electron chi connectivity index (χ4n) is 6.03. The standard InChI is InChI=1S/C38H24N2/c1-2-14-31-25(8-1)9-7-17-32(31)30-13-6-12-28(23-30)26-10-5-11-27(22-26)29-18-19-35-36(24-29)33-15-3-4-16-34(33)37-38(35)40-21-20-39-37/h1-24H. The Balaban J connectivity index is 1.26. The molecule has 40 heavy (non-hydrogen) atoms. The average molecular weight is 509 g/mol. The molecule has 1 heterocycles. The molecule has 0 radical (unpaired) electrons. The van der Waals surface area contributed by atoms with Crippen molar-refractivity contribution in [3.63, 3.8) is 0 Å². The SMILES string of the molecule is c1cc(-c2cccc(-c3cccc4ccccc34)c2)cc(-c2ccc3c(c2)c2ccccc2c2nccnc32)c1. The van der Waals surface area contributed by atoms with Crippen molar-refractivity contribution in [2.24, 2.45) is 0 Å². The first-order valence-electron chi connectivity index (χ1n) is 13.6. The lowest BCUT2D eigenvalue weighted by atomic mass is 9.93. The smallest absolute Gasteiger partial charge is 0.0971 e. The molecule has 0 aliphatic rings. The van der Waals surface area contributed by atoms with Gasteiger partial charge in [-0.1, -0.05) is 115 Å². The summed E-state index contributed by atoms with van der Waals surface area (Å²) in [5.74, 6) is 0. The van der Waals surface area contributed by atoms with Gasteiger partial charge in [0.05, 0.1) is 11.0 Å². The second-order valence-corrected chi connectivity index (χ2v) is 10.2. The fourth-order valence-corrected chi connectivity index (χ4v) is 6.03. The Hall–Kier alpha value is -5.34. The number of benzene rings is 7. The molecule has 0 saturated heterocycles. The van der Waals surface area contributed by atoms with E-state index in [4.69, 9.17) is 4.98 Å². The summed E-state index contributed by atoms with van der Waals surface area (Å²) in [7, 11) is 0. The fraction of sp³-hybridized carbons (Fsp3) is 0. The molecule has 0 aliphatic heterocycles. The number of rotatable bonds is 3. The molecule has 0 bridgehead atoms. The molecule has 2 nitrogen and oxygen atoms in total. The third-order valence-electron chi connectivity index (χ3n) is 7.94. The van der Waals surface area contributed by atoms with Gasteiger partial charge in [-0.05, 0) is 73.1 Å². The molecule has 0 amide bonds. The molecule has 0 atom stereocenters. The van der Waals surface area contributed by atoms with Crippen molar-refractivity contribution in [2.75, 3.05) is 0 Å². The first-order chi connectivity index (χ1) is 19.8. The van der Waals surface area contributed by atoms with Crippen LogP contribution in [0.3, 0.4) is 0 Å². The molecular formula is C38H24N2. The highest BCUT2D eigenvalue weighted by Gasteiger charge is 2.12. The van der Waals surface area contributed by atoms with Gasteiger partial charge in [0, 0.05) is 23.2 Å². The normalized spacial score (nSPS) is 11.5. The van der Waals surface area contributed by atoms with E-state index >= 15 is 0 Å². The summed E-state index contributed by atoms with van der Waals surface area (Å²) in [6.45, 7) is 0. The zero-order chi connectivity index (χ0) is 26.5. The Labute approximate surface area is 232 Å². The molecule has 0 N–H and O–H groups in total. The van der Waals surface area contributed by atoms with E-state index in [1.165, 1.54) is 54.9 Å². The highest BCUT2D eigenvalue weighted by Crippen LogP contribution is 2.37. The largest absolute Gasteiger partial charge is 0.252 e. The molecular weight excluding hydrogens is 484 g/mol. The molecule has 8 rings (SSSR count). The minimum Gasteiger partial charge on any atom is -0.252 e. The molecule has 2 heteroatoms. The Morgan fingerprint density at radius 3 is 1.60 bits per heavy atom. The average Bonchev–Trinajstić information content (AvgIpc) is 3.04. The highest BCUT2D eigenvalue weighted by molar-refractivity contribution is 6.23. The molecule has 1 aromatic heterocycles. The molecule has 0 saturated carbocycles. The molecule has 0 spiro atoms. The first kappa shape index (κ1) is 22.6. The predicted molar refractivity (Wildman–Crippen MR) is 168 cm³/mol. The lowest BCUT2D eigenvalue weighted by molar-refractivity contribution is 1.31.